The maximum atomic E-state index is 11.9. The molecule has 1 amide bonds. The molecule has 0 fully saturated rings. The molecule has 0 aliphatic carbocycles. The van der Waals surface area contributed by atoms with E-state index in [2.05, 4.69) is 19.2 Å². The van der Waals surface area contributed by atoms with Crippen molar-refractivity contribution in [2.45, 2.75) is 45.6 Å². The van der Waals surface area contributed by atoms with E-state index in [1.165, 1.54) is 0 Å². The highest BCUT2D eigenvalue weighted by atomic mass is 16.5. The highest BCUT2D eigenvalue weighted by Gasteiger charge is 2.13. The molecule has 21 heavy (non-hydrogen) atoms. The van der Waals surface area contributed by atoms with Crippen molar-refractivity contribution in [3.63, 3.8) is 0 Å². The van der Waals surface area contributed by atoms with Gasteiger partial charge >= 0.3 is 0 Å². The molecule has 4 nitrogen and oxygen atoms in total. The van der Waals surface area contributed by atoms with E-state index in [-0.39, 0.29) is 11.8 Å². The van der Waals surface area contributed by atoms with Gasteiger partial charge in [0.15, 0.2) is 0 Å². The van der Waals surface area contributed by atoms with Crippen molar-refractivity contribution in [1.29, 1.82) is 0 Å². The largest absolute Gasteiger partial charge is 0.497 e. The minimum absolute atomic E-state index is 0.0267. The zero-order valence-corrected chi connectivity index (χ0v) is 13.4. The van der Waals surface area contributed by atoms with E-state index in [1.54, 1.807) is 7.11 Å². The fourth-order valence-corrected chi connectivity index (χ4v) is 2.26. The Morgan fingerprint density at radius 1 is 1.24 bits per heavy atom. The van der Waals surface area contributed by atoms with Crippen molar-refractivity contribution in [3.05, 3.63) is 29.8 Å². The number of rotatable bonds is 8. The maximum Gasteiger partial charge on any atom is 0.220 e. The van der Waals surface area contributed by atoms with Crippen molar-refractivity contribution in [2.75, 3.05) is 13.7 Å². The number of aliphatic hydroxyl groups is 1. The Bertz CT molecular complexity index is 428. The van der Waals surface area contributed by atoms with Crippen molar-refractivity contribution in [3.8, 4) is 5.75 Å². The molecule has 2 unspecified atom stereocenters. The molecule has 0 bridgehead atoms. The van der Waals surface area contributed by atoms with E-state index in [1.807, 2.05) is 31.2 Å². The quantitative estimate of drug-likeness (QED) is 0.775. The summed E-state index contributed by atoms with van der Waals surface area (Å²) >= 11 is 0. The number of nitrogens with one attached hydrogen (secondary N) is 1. The zero-order valence-electron chi connectivity index (χ0n) is 13.4. The molecule has 4 heteroatoms. The third kappa shape index (κ3) is 6.63. The van der Waals surface area contributed by atoms with Gasteiger partial charge in [0.25, 0.3) is 0 Å². The van der Waals surface area contributed by atoms with Crippen LogP contribution in [0.1, 0.15) is 45.1 Å². The van der Waals surface area contributed by atoms with E-state index in [0.717, 1.165) is 11.3 Å². The molecule has 118 valence electrons. The number of amides is 1. The van der Waals surface area contributed by atoms with Crippen LogP contribution < -0.4 is 10.1 Å². The molecule has 2 atom stereocenters. The van der Waals surface area contributed by atoms with Gasteiger partial charge in [-0.25, -0.2) is 0 Å². The van der Waals surface area contributed by atoms with Gasteiger partial charge in [-0.05, 0) is 36.0 Å². The molecule has 1 rings (SSSR count). The standard InChI is InChI=1S/C17H27NO3/c1-12(2)9-15(19)11-18-17(20)10-13(3)14-5-7-16(21-4)8-6-14/h5-8,12-13,15,19H,9-11H2,1-4H3,(H,18,20). The Morgan fingerprint density at radius 3 is 2.38 bits per heavy atom. The number of hydrogen-bond acceptors (Lipinski definition) is 3. The van der Waals surface area contributed by atoms with Crippen LogP contribution >= 0.6 is 0 Å². The van der Waals surface area contributed by atoms with Gasteiger partial charge in [0.1, 0.15) is 5.75 Å². The number of methoxy groups -OCH3 is 1. The Morgan fingerprint density at radius 2 is 1.86 bits per heavy atom. The molecule has 0 radical (unpaired) electrons. The molecule has 1 aromatic carbocycles. The summed E-state index contributed by atoms with van der Waals surface area (Å²) in [6.45, 7) is 6.45. The first-order valence-electron chi connectivity index (χ1n) is 7.51. The minimum Gasteiger partial charge on any atom is -0.497 e. The van der Waals surface area contributed by atoms with Gasteiger partial charge in [0.2, 0.25) is 5.91 Å². The average molecular weight is 293 g/mol. The SMILES string of the molecule is COc1ccc(C(C)CC(=O)NCC(O)CC(C)C)cc1. The van der Waals surface area contributed by atoms with Crippen LogP contribution in [0.2, 0.25) is 0 Å². The van der Waals surface area contributed by atoms with Crippen molar-refractivity contribution in [1.82, 2.24) is 5.32 Å². The lowest BCUT2D eigenvalue weighted by Gasteiger charge is -2.16. The predicted octanol–water partition coefficient (Wildman–Crippen LogP) is 2.71. The molecule has 2 N–H and O–H groups in total. The fraction of sp³-hybridized carbons (Fsp3) is 0.588. The summed E-state index contributed by atoms with van der Waals surface area (Å²) in [4.78, 5) is 11.9. The van der Waals surface area contributed by atoms with E-state index >= 15 is 0 Å². The van der Waals surface area contributed by atoms with Gasteiger partial charge in [-0.1, -0.05) is 32.9 Å². The van der Waals surface area contributed by atoms with Gasteiger partial charge in [-0.15, -0.1) is 0 Å². The molecule has 0 aliphatic heterocycles. The lowest BCUT2D eigenvalue weighted by Crippen LogP contribution is -2.33. The second kappa shape index (κ2) is 8.67. The van der Waals surface area contributed by atoms with Crippen LogP contribution in [0.15, 0.2) is 24.3 Å². The van der Waals surface area contributed by atoms with Crippen LogP contribution in [0, 0.1) is 5.92 Å². The summed E-state index contributed by atoms with van der Waals surface area (Å²) < 4.78 is 5.12. The van der Waals surface area contributed by atoms with Gasteiger partial charge in [-0.3, -0.25) is 4.79 Å². The first kappa shape index (κ1) is 17.5. The smallest absolute Gasteiger partial charge is 0.220 e. The van der Waals surface area contributed by atoms with Gasteiger partial charge < -0.3 is 15.2 Å². The van der Waals surface area contributed by atoms with Crippen LogP contribution in [0.5, 0.6) is 5.75 Å². The number of carbonyl (C=O) groups is 1. The number of carbonyl (C=O) groups excluding carboxylic acids is 1. The number of benzene rings is 1. The molecular formula is C17H27NO3. The molecule has 0 saturated heterocycles. The van der Waals surface area contributed by atoms with E-state index in [0.29, 0.717) is 25.3 Å². The van der Waals surface area contributed by atoms with Crippen LogP contribution in [-0.4, -0.2) is 30.8 Å². The third-order valence-electron chi connectivity index (χ3n) is 3.45. The van der Waals surface area contributed by atoms with E-state index in [4.69, 9.17) is 4.74 Å². The first-order valence-corrected chi connectivity index (χ1v) is 7.51. The van der Waals surface area contributed by atoms with Crippen molar-refractivity contribution < 1.29 is 14.6 Å². The summed E-state index contributed by atoms with van der Waals surface area (Å²) in [5, 5.41) is 12.5. The third-order valence-corrected chi connectivity index (χ3v) is 3.45. The van der Waals surface area contributed by atoms with E-state index in [9.17, 15) is 9.90 Å². The molecular weight excluding hydrogens is 266 g/mol. The summed E-state index contributed by atoms with van der Waals surface area (Å²) in [5.74, 6) is 1.35. The lowest BCUT2D eigenvalue weighted by molar-refractivity contribution is -0.121. The van der Waals surface area contributed by atoms with Crippen molar-refractivity contribution >= 4 is 5.91 Å². The Balaban J connectivity index is 2.39. The Kier molecular flexibility index (Phi) is 7.23. The number of ether oxygens (including phenoxy) is 1. The summed E-state index contributed by atoms with van der Waals surface area (Å²) in [5.41, 5.74) is 1.11. The highest BCUT2D eigenvalue weighted by molar-refractivity contribution is 5.76. The predicted molar refractivity (Wildman–Crippen MR) is 84.5 cm³/mol. The molecule has 0 spiro atoms. The summed E-state index contributed by atoms with van der Waals surface area (Å²) in [6, 6.07) is 7.75. The molecule has 0 aromatic heterocycles. The monoisotopic (exact) mass is 293 g/mol. The van der Waals surface area contributed by atoms with Gasteiger partial charge in [-0.2, -0.15) is 0 Å². The molecule has 0 saturated carbocycles. The Labute approximate surface area is 127 Å². The van der Waals surface area contributed by atoms with Gasteiger partial charge in [0.05, 0.1) is 13.2 Å². The first-order chi connectivity index (χ1) is 9.92. The minimum atomic E-state index is -0.467. The number of aliphatic hydroxyl groups excluding tert-OH is 1. The second-order valence-electron chi connectivity index (χ2n) is 5.97. The van der Waals surface area contributed by atoms with Crippen molar-refractivity contribution in [2.24, 2.45) is 5.92 Å². The second-order valence-corrected chi connectivity index (χ2v) is 5.97. The van der Waals surface area contributed by atoms with Crippen LogP contribution in [-0.2, 0) is 4.79 Å². The van der Waals surface area contributed by atoms with Crippen LogP contribution in [0.4, 0.5) is 0 Å². The van der Waals surface area contributed by atoms with E-state index < -0.39 is 6.10 Å². The van der Waals surface area contributed by atoms with Gasteiger partial charge in [0, 0.05) is 13.0 Å². The maximum absolute atomic E-state index is 11.9. The molecule has 0 heterocycles. The summed E-state index contributed by atoms with van der Waals surface area (Å²) in [7, 11) is 1.63. The normalized spacial score (nSPS) is 13.8. The zero-order chi connectivity index (χ0) is 15.8. The molecule has 1 aromatic rings. The van der Waals surface area contributed by atoms with Crippen LogP contribution in [0.3, 0.4) is 0 Å². The Hall–Kier alpha value is -1.55. The highest BCUT2D eigenvalue weighted by Crippen LogP contribution is 2.21. The average Bonchev–Trinajstić information content (AvgIpc) is 2.44. The fourth-order valence-electron chi connectivity index (χ4n) is 2.26. The number of hydrogen-bond donors (Lipinski definition) is 2. The van der Waals surface area contributed by atoms with Crippen LogP contribution in [0.25, 0.3) is 0 Å². The lowest BCUT2D eigenvalue weighted by atomic mass is 9.97. The molecule has 0 aliphatic rings. The summed E-state index contributed by atoms with van der Waals surface area (Å²) in [6.07, 6.45) is 0.653. The topological polar surface area (TPSA) is 58.6 Å².